The highest BCUT2D eigenvalue weighted by atomic mass is 16.6. The van der Waals surface area contributed by atoms with E-state index in [0.717, 1.165) is 13.1 Å². The predicted molar refractivity (Wildman–Crippen MR) is 59.8 cm³/mol. The molecule has 1 saturated heterocycles. The van der Waals surface area contributed by atoms with Crippen molar-refractivity contribution in [3.8, 4) is 0 Å². The highest BCUT2D eigenvalue weighted by Gasteiger charge is 2.32. The first-order valence-corrected chi connectivity index (χ1v) is 5.73. The van der Waals surface area contributed by atoms with Crippen LogP contribution in [-0.2, 0) is 4.74 Å². The van der Waals surface area contributed by atoms with E-state index in [1.54, 1.807) is 0 Å². The van der Waals surface area contributed by atoms with Gasteiger partial charge in [0.1, 0.15) is 0 Å². The van der Waals surface area contributed by atoms with Crippen molar-refractivity contribution in [3.05, 3.63) is 0 Å². The molecule has 1 fully saturated rings. The van der Waals surface area contributed by atoms with E-state index in [-0.39, 0.29) is 12.1 Å². The average Bonchev–Trinajstić information content (AvgIpc) is 2.17. The van der Waals surface area contributed by atoms with Gasteiger partial charge in [0.2, 0.25) is 0 Å². The maximum atomic E-state index is 11.7. The molecule has 0 spiro atoms. The zero-order chi connectivity index (χ0) is 11.4. The molecular weight excluding hydrogens is 192 g/mol. The van der Waals surface area contributed by atoms with Crippen molar-refractivity contribution < 1.29 is 9.53 Å². The third-order valence-electron chi connectivity index (χ3n) is 2.82. The van der Waals surface area contributed by atoms with Gasteiger partial charge in [0.25, 0.3) is 0 Å². The number of rotatable bonds is 2. The Morgan fingerprint density at radius 1 is 1.60 bits per heavy atom. The Bertz CT molecular complexity index is 219. The third-order valence-corrected chi connectivity index (χ3v) is 2.82. The van der Waals surface area contributed by atoms with E-state index in [2.05, 4.69) is 26.1 Å². The van der Waals surface area contributed by atoms with Crippen molar-refractivity contribution in [2.75, 3.05) is 19.7 Å². The second-order valence-electron chi connectivity index (χ2n) is 4.47. The number of nitrogens with one attached hydrogen (secondary N) is 1. The summed E-state index contributed by atoms with van der Waals surface area (Å²) >= 11 is 0. The lowest BCUT2D eigenvalue weighted by molar-refractivity contribution is 0.0601. The Hall–Kier alpha value is -0.770. The quantitative estimate of drug-likeness (QED) is 0.756. The van der Waals surface area contributed by atoms with Gasteiger partial charge < -0.3 is 15.0 Å². The van der Waals surface area contributed by atoms with Crippen LogP contribution in [0.3, 0.4) is 0 Å². The van der Waals surface area contributed by atoms with Crippen molar-refractivity contribution in [1.29, 1.82) is 0 Å². The number of amides is 1. The molecule has 1 aliphatic rings. The Labute approximate surface area is 92.0 Å². The summed E-state index contributed by atoms with van der Waals surface area (Å²) < 4.78 is 5.07. The second-order valence-corrected chi connectivity index (χ2v) is 4.47. The Balaban J connectivity index is 2.65. The van der Waals surface area contributed by atoms with Gasteiger partial charge in [-0.05, 0) is 19.8 Å². The lowest BCUT2D eigenvalue weighted by Crippen LogP contribution is -2.59. The number of hydrogen-bond donors (Lipinski definition) is 1. The van der Waals surface area contributed by atoms with E-state index < -0.39 is 0 Å². The van der Waals surface area contributed by atoms with E-state index in [9.17, 15) is 4.79 Å². The van der Waals surface area contributed by atoms with Crippen LogP contribution in [0.5, 0.6) is 0 Å². The number of nitrogens with zero attached hydrogens (tertiary/aromatic N) is 1. The minimum atomic E-state index is -0.176. The fourth-order valence-corrected chi connectivity index (χ4v) is 1.94. The zero-order valence-corrected chi connectivity index (χ0v) is 10.1. The summed E-state index contributed by atoms with van der Waals surface area (Å²) in [5, 5.41) is 3.39. The van der Waals surface area contributed by atoms with Gasteiger partial charge in [-0.25, -0.2) is 4.79 Å². The number of carbonyl (C=O) groups is 1. The fourth-order valence-electron chi connectivity index (χ4n) is 1.94. The Morgan fingerprint density at radius 3 is 2.80 bits per heavy atom. The first kappa shape index (κ1) is 12.3. The van der Waals surface area contributed by atoms with Crippen LogP contribution in [0.2, 0.25) is 0 Å². The summed E-state index contributed by atoms with van der Waals surface area (Å²) in [6, 6.07) is 0.602. The molecule has 0 aromatic rings. The van der Waals surface area contributed by atoms with Crippen LogP contribution in [0.15, 0.2) is 0 Å². The van der Waals surface area contributed by atoms with Crippen LogP contribution in [0, 0.1) is 5.92 Å². The number of ether oxygens (including phenoxy) is 1. The SMILES string of the molecule is CCOC(=O)N1CC(C)NCC1C(C)C. The van der Waals surface area contributed by atoms with E-state index in [4.69, 9.17) is 4.74 Å². The number of carbonyl (C=O) groups excluding carboxylic acids is 1. The molecule has 0 aromatic carbocycles. The van der Waals surface area contributed by atoms with E-state index >= 15 is 0 Å². The van der Waals surface area contributed by atoms with Crippen LogP contribution < -0.4 is 5.32 Å². The first-order valence-electron chi connectivity index (χ1n) is 5.73. The summed E-state index contributed by atoms with van der Waals surface area (Å²) in [5.74, 6) is 0.453. The van der Waals surface area contributed by atoms with Gasteiger partial charge in [-0.3, -0.25) is 0 Å². The van der Waals surface area contributed by atoms with Gasteiger partial charge >= 0.3 is 6.09 Å². The van der Waals surface area contributed by atoms with Gasteiger partial charge in [0.15, 0.2) is 0 Å². The topological polar surface area (TPSA) is 41.6 Å². The molecule has 4 heteroatoms. The van der Waals surface area contributed by atoms with Crippen molar-refractivity contribution in [2.24, 2.45) is 5.92 Å². The van der Waals surface area contributed by atoms with Crippen molar-refractivity contribution in [3.63, 3.8) is 0 Å². The van der Waals surface area contributed by atoms with Crippen LogP contribution in [0.25, 0.3) is 0 Å². The lowest BCUT2D eigenvalue weighted by Gasteiger charge is -2.40. The van der Waals surface area contributed by atoms with Gasteiger partial charge in [-0.2, -0.15) is 0 Å². The van der Waals surface area contributed by atoms with Gasteiger partial charge in [-0.1, -0.05) is 13.8 Å². The van der Waals surface area contributed by atoms with Crippen molar-refractivity contribution >= 4 is 6.09 Å². The van der Waals surface area contributed by atoms with Crippen molar-refractivity contribution in [2.45, 2.75) is 39.8 Å². The van der Waals surface area contributed by atoms with Gasteiger partial charge in [0, 0.05) is 25.2 Å². The molecule has 1 amide bonds. The molecular formula is C11H22N2O2. The maximum absolute atomic E-state index is 11.7. The van der Waals surface area contributed by atoms with Gasteiger partial charge in [0.05, 0.1) is 6.61 Å². The van der Waals surface area contributed by atoms with Crippen LogP contribution in [0.4, 0.5) is 4.79 Å². The molecule has 0 bridgehead atoms. The largest absolute Gasteiger partial charge is 0.450 e. The highest BCUT2D eigenvalue weighted by Crippen LogP contribution is 2.16. The molecule has 1 heterocycles. The molecule has 0 saturated carbocycles. The molecule has 0 aromatic heterocycles. The highest BCUT2D eigenvalue weighted by molar-refractivity contribution is 5.68. The summed E-state index contributed by atoms with van der Waals surface area (Å²) in [6.07, 6.45) is -0.176. The molecule has 1 aliphatic heterocycles. The molecule has 15 heavy (non-hydrogen) atoms. The number of hydrogen-bond acceptors (Lipinski definition) is 3. The van der Waals surface area contributed by atoms with E-state index in [0.29, 0.717) is 18.6 Å². The molecule has 2 atom stereocenters. The molecule has 1 N–H and O–H groups in total. The standard InChI is InChI=1S/C11H22N2O2/c1-5-15-11(14)13-7-9(4)12-6-10(13)8(2)3/h8-10,12H,5-7H2,1-4H3. The van der Waals surface area contributed by atoms with Gasteiger partial charge in [-0.15, -0.1) is 0 Å². The predicted octanol–water partition coefficient (Wildman–Crippen LogP) is 1.46. The molecule has 4 nitrogen and oxygen atoms in total. The fraction of sp³-hybridized carbons (Fsp3) is 0.909. The van der Waals surface area contributed by atoms with E-state index in [1.807, 2.05) is 11.8 Å². The number of piperazine rings is 1. The van der Waals surface area contributed by atoms with Crippen LogP contribution >= 0.6 is 0 Å². The maximum Gasteiger partial charge on any atom is 0.410 e. The van der Waals surface area contributed by atoms with Crippen LogP contribution in [0.1, 0.15) is 27.7 Å². The third kappa shape index (κ3) is 3.09. The minimum Gasteiger partial charge on any atom is -0.450 e. The van der Waals surface area contributed by atoms with Crippen LogP contribution in [-0.4, -0.2) is 42.8 Å². The zero-order valence-electron chi connectivity index (χ0n) is 10.1. The summed E-state index contributed by atoms with van der Waals surface area (Å²) in [6.45, 7) is 10.2. The molecule has 0 radical (unpaired) electrons. The van der Waals surface area contributed by atoms with E-state index in [1.165, 1.54) is 0 Å². The normalized spacial score (nSPS) is 26.9. The molecule has 0 aliphatic carbocycles. The molecule has 2 unspecified atom stereocenters. The molecule has 1 rings (SSSR count). The second kappa shape index (κ2) is 5.35. The summed E-state index contributed by atoms with van der Waals surface area (Å²) in [5.41, 5.74) is 0. The summed E-state index contributed by atoms with van der Waals surface area (Å²) in [4.78, 5) is 13.6. The summed E-state index contributed by atoms with van der Waals surface area (Å²) in [7, 11) is 0. The Kier molecular flexibility index (Phi) is 4.39. The first-order chi connectivity index (χ1) is 7.06. The lowest BCUT2D eigenvalue weighted by atomic mass is 9.99. The van der Waals surface area contributed by atoms with Crippen molar-refractivity contribution in [1.82, 2.24) is 10.2 Å². The monoisotopic (exact) mass is 214 g/mol. The molecule has 88 valence electrons. The minimum absolute atomic E-state index is 0.176. The average molecular weight is 214 g/mol. The Morgan fingerprint density at radius 2 is 2.27 bits per heavy atom. The smallest absolute Gasteiger partial charge is 0.410 e.